The van der Waals surface area contributed by atoms with E-state index in [0.717, 1.165) is 16.8 Å². The molecule has 2 aromatic carbocycles. The number of carbonyl (C=O) groups is 1. The van der Waals surface area contributed by atoms with E-state index in [-0.39, 0.29) is 35.1 Å². The van der Waals surface area contributed by atoms with Crippen molar-refractivity contribution in [2.24, 2.45) is 0 Å². The Labute approximate surface area is 275 Å². The molecule has 0 aliphatic carbocycles. The molecule has 1 atom stereocenters. The van der Waals surface area contributed by atoms with Crippen molar-refractivity contribution in [3.63, 3.8) is 0 Å². The van der Waals surface area contributed by atoms with Crippen LogP contribution in [0.2, 0.25) is 5.02 Å². The van der Waals surface area contributed by atoms with E-state index in [0.29, 0.717) is 28.3 Å². The van der Waals surface area contributed by atoms with Gasteiger partial charge in [-0.25, -0.2) is 9.67 Å². The minimum Gasteiger partial charge on any atom is -0.497 e. The first-order chi connectivity index (χ1) is 22.7. The van der Waals surface area contributed by atoms with Crippen LogP contribution in [-0.2, 0) is 6.54 Å². The quantitative estimate of drug-likeness (QED) is 0.208. The molecule has 47 heavy (non-hydrogen) atoms. The highest BCUT2D eigenvalue weighted by molar-refractivity contribution is 6.30. The second-order valence-electron chi connectivity index (χ2n) is 11.1. The van der Waals surface area contributed by atoms with E-state index in [1.54, 1.807) is 35.0 Å². The number of pyridine rings is 1. The Morgan fingerprint density at radius 2 is 1.72 bits per heavy atom. The fourth-order valence-electron chi connectivity index (χ4n) is 5.79. The molecule has 238 valence electrons. The summed E-state index contributed by atoms with van der Waals surface area (Å²) in [4.78, 5) is 37.9. The van der Waals surface area contributed by atoms with Gasteiger partial charge in [-0.15, -0.1) is 0 Å². The minimum absolute atomic E-state index is 0.0406. The molecule has 0 N–H and O–H groups in total. The number of methoxy groups -OCH3 is 3. The number of hydrogen-bond donors (Lipinski definition) is 0. The number of amides is 1. The highest BCUT2D eigenvalue weighted by Crippen LogP contribution is 2.46. The first-order valence-corrected chi connectivity index (χ1v) is 15.0. The zero-order valence-corrected chi connectivity index (χ0v) is 27.0. The van der Waals surface area contributed by atoms with Gasteiger partial charge in [0.15, 0.2) is 5.69 Å². The van der Waals surface area contributed by atoms with Crippen molar-refractivity contribution in [3.8, 4) is 29.4 Å². The van der Waals surface area contributed by atoms with Crippen molar-refractivity contribution >= 4 is 23.2 Å². The number of ether oxygens (including phenoxy) is 3. The Morgan fingerprint density at radius 3 is 2.34 bits per heavy atom. The van der Waals surface area contributed by atoms with Crippen molar-refractivity contribution in [2.75, 3.05) is 26.2 Å². The number of aromatic nitrogens is 5. The summed E-state index contributed by atoms with van der Waals surface area (Å²) in [5, 5.41) is 14.3. The van der Waals surface area contributed by atoms with Gasteiger partial charge in [-0.1, -0.05) is 49.7 Å². The number of benzene rings is 2. The van der Waals surface area contributed by atoms with E-state index < -0.39 is 17.5 Å². The van der Waals surface area contributed by atoms with Crippen LogP contribution in [0.25, 0.3) is 5.69 Å². The molecule has 13 heteroatoms. The lowest BCUT2D eigenvalue weighted by Crippen LogP contribution is -2.32. The van der Waals surface area contributed by atoms with Gasteiger partial charge >= 0.3 is 6.01 Å². The zero-order valence-electron chi connectivity index (χ0n) is 26.3. The molecule has 6 rings (SSSR count). The summed E-state index contributed by atoms with van der Waals surface area (Å²) >= 11 is 6.54. The van der Waals surface area contributed by atoms with Crippen molar-refractivity contribution in [1.29, 1.82) is 5.26 Å². The summed E-state index contributed by atoms with van der Waals surface area (Å²) in [6, 6.07) is 17.5. The van der Waals surface area contributed by atoms with Gasteiger partial charge in [-0.3, -0.25) is 14.5 Å². The van der Waals surface area contributed by atoms with Gasteiger partial charge in [0.05, 0.1) is 63.1 Å². The van der Waals surface area contributed by atoms with Crippen molar-refractivity contribution in [3.05, 3.63) is 116 Å². The second-order valence-corrected chi connectivity index (χ2v) is 11.5. The highest BCUT2D eigenvalue weighted by atomic mass is 35.5. The maximum absolute atomic E-state index is 14.5. The third-order valence-electron chi connectivity index (χ3n) is 7.95. The van der Waals surface area contributed by atoms with Gasteiger partial charge in [0.1, 0.15) is 16.5 Å². The molecule has 0 radical (unpaired) electrons. The predicted molar refractivity (Wildman–Crippen MR) is 174 cm³/mol. The largest absolute Gasteiger partial charge is 0.497 e. The van der Waals surface area contributed by atoms with Gasteiger partial charge in [0, 0.05) is 11.8 Å². The standard InChI is InChI=1S/C34H30ClN7O5/c1-19(2)29-27-28(39-42(29)26-16-37-34(47-5)38-31(26)46-4)33(44)41(30(27)22-10-6-20(15-36)7-11-22)23-14-25(35)32(43)40(18-23)17-21-8-12-24(45-3)13-9-21/h6-14,16,18-19,30H,17H2,1-5H3. The molecule has 0 bridgehead atoms. The van der Waals surface area contributed by atoms with E-state index in [1.165, 1.54) is 31.0 Å². The lowest BCUT2D eigenvalue weighted by molar-refractivity contribution is 0.0988. The SMILES string of the molecule is COc1ccc(Cn2cc(N3C(=O)c4nn(-c5cnc(OC)nc5OC)c(C(C)C)c4C3c3ccc(C#N)cc3)cc(Cl)c2=O)cc1. The number of carbonyl (C=O) groups excluding carboxylic acids is 1. The van der Waals surface area contributed by atoms with Crippen LogP contribution in [0.3, 0.4) is 0 Å². The summed E-state index contributed by atoms with van der Waals surface area (Å²) < 4.78 is 19.1. The molecule has 5 aromatic rings. The summed E-state index contributed by atoms with van der Waals surface area (Å²) in [5.74, 6) is 0.389. The number of nitriles is 1. The summed E-state index contributed by atoms with van der Waals surface area (Å²) in [6.07, 6.45) is 3.16. The Bertz CT molecular complexity index is 2080. The van der Waals surface area contributed by atoms with Crippen LogP contribution < -0.4 is 24.7 Å². The van der Waals surface area contributed by atoms with E-state index in [2.05, 4.69) is 16.0 Å². The summed E-state index contributed by atoms with van der Waals surface area (Å²) in [6.45, 7) is 4.21. The fourth-order valence-corrected chi connectivity index (χ4v) is 6.01. The molecule has 1 amide bonds. The van der Waals surface area contributed by atoms with Gasteiger partial charge in [-0.05, 0) is 47.4 Å². The van der Waals surface area contributed by atoms with Crippen molar-refractivity contribution < 1.29 is 19.0 Å². The van der Waals surface area contributed by atoms with Crippen molar-refractivity contribution in [1.82, 2.24) is 24.3 Å². The number of hydrogen-bond acceptors (Lipinski definition) is 9. The van der Waals surface area contributed by atoms with Crippen LogP contribution in [0, 0.1) is 11.3 Å². The maximum atomic E-state index is 14.5. The highest BCUT2D eigenvalue weighted by Gasteiger charge is 2.45. The van der Waals surface area contributed by atoms with Gasteiger partial charge in [0.25, 0.3) is 11.5 Å². The van der Waals surface area contributed by atoms with E-state index in [9.17, 15) is 14.9 Å². The van der Waals surface area contributed by atoms with Crippen molar-refractivity contribution in [2.45, 2.75) is 32.4 Å². The zero-order chi connectivity index (χ0) is 33.4. The fraction of sp³-hybridized carbons (Fsp3) is 0.235. The monoisotopic (exact) mass is 651 g/mol. The van der Waals surface area contributed by atoms with Crippen LogP contribution in [0.1, 0.15) is 64.2 Å². The first kappa shape index (κ1) is 31.3. The van der Waals surface area contributed by atoms with E-state index in [4.69, 9.17) is 30.9 Å². The average Bonchev–Trinajstić information content (AvgIpc) is 3.61. The van der Waals surface area contributed by atoms with Crippen LogP contribution in [0.4, 0.5) is 5.69 Å². The molecule has 0 saturated heterocycles. The van der Waals surface area contributed by atoms with Crippen LogP contribution >= 0.6 is 11.6 Å². The van der Waals surface area contributed by atoms with Crippen LogP contribution in [0.15, 0.2) is 71.8 Å². The molecule has 3 aromatic heterocycles. The molecule has 1 aliphatic heterocycles. The summed E-state index contributed by atoms with van der Waals surface area (Å²) in [7, 11) is 4.52. The number of fused-ring (bicyclic) bond motifs is 1. The molecule has 1 unspecified atom stereocenters. The van der Waals surface area contributed by atoms with Gasteiger partial charge in [0.2, 0.25) is 5.88 Å². The van der Waals surface area contributed by atoms with Crippen LogP contribution in [0.5, 0.6) is 17.6 Å². The maximum Gasteiger partial charge on any atom is 0.319 e. The Hall–Kier alpha value is -5.67. The van der Waals surface area contributed by atoms with Gasteiger partial charge in [-0.2, -0.15) is 15.3 Å². The normalized spacial score (nSPS) is 13.9. The smallest absolute Gasteiger partial charge is 0.319 e. The molecule has 0 spiro atoms. The number of rotatable bonds is 9. The average molecular weight is 652 g/mol. The topological polar surface area (TPSA) is 137 Å². The predicted octanol–water partition coefficient (Wildman–Crippen LogP) is 5.30. The molecule has 12 nitrogen and oxygen atoms in total. The molecule has 4 heterocycles. The Balaban J connectivity index is 1.54. The lowest BCUT2D eigenvalue weighted by Gasteiger charge is -2.28. The van der Waals surface area contributed by atoms with Crippen LogP contribution in [-0.4, -0.2) is 51.6 Å². The minimum atomic E-state index is -0.676. The molecular weight excluding hydrogens is 622 g/mol. The molecule has 0 fully saturated rings. The molecule has 0 saturated carbocycles. The number of halogens is 1. The number of anilines is 1. The lowest BCUT2D eigenvalue weighted by atomic mass is 9.94. The first-order valence-electron chi connectivity index (χ1n) is 14.6. The Kier molecular flexibility index (Phi) is 8.40. The Morgan fingerprint density at radius 1 is 1.00 bits per heavy atom. The van der Waals surface area contributed by atoms with E-state index in [1.807, 2.05) is 50.2 Å². The van der Waals surface area contributed by atoms with E-state index >= 15 is 0 Å². The molecule has 1 aliphatic rings. The number of nitrogens with zero attached hydrogens (tertiary/aromatic N) is 7. The molecular formula is C34H30ClN7O5. The third-order valence-corrected chi connectivity index (χ3v) is 8.22. The summed E-state index contributed by atoms with van der Waals surface area (Å²) in [5.41, 5.74) is 4.10. The third kappa shape index (κ3) is 5.55. The second kappa shape index (κ2) is 12.6. The van der Waals surface area contributed by atoms with Gasteiger partial charge < -0.3 is 18.8 Å².